The van der Waals surface area contributed by atoms with Crippen LogP contribution >= 0.6 is 11.3 Å². The molecule has 0 saturated carbocycles. The zero-order valence-corrected chi connectivity index (χ0v) is 14.4. The van der Waals surface area contributed by atoms with Gasteiger partial charge in [-0.1, -0.05) is 18.2 Å². The lowest BCUT2D eigenvalue weighted by Crippen LogP contribution is -2.28. The van der Waals surface area contributed by atoms with Gasteiger partial charge in [0.2, 0.25) is 11.8 Å². The molecule has 1 aliphatic heterocycles. The summed E-state index contributed by atoms with van der Waals surface area (Å²) in [6.07, 6.45) is 0.228. The summed E-state index contributed by atoms with van der Waals surface area (Å²) in [5, 5.41) is 5.25. The van der Waals surface area contributed by atoms with E-state index in [4.69, 9.17) is 4.74 Å². The van der Waals surface area contributed by atoms with Crippen molar-refractivity contribution in [2.75, 3.05) is 19.0 Å². The zero-order chi connectivity index (χ0) is 17.1. The van der Waals surface area contributed by atoms with Crippen LogP contribution in [0.2, 0.25) is 0 Å². The molecule has 0 radical (unpaired) electrons. The number of hydrogen-bond donors (Lipinski definition) is 1. The Kier molecular flexibility index (Phi) is 4.80. The van der Waals surface area contributed by atoms with E-state index in [-0.39, 0.29) is 24.2 Å². The number of ether oxygens (including phenoxy) is 1. The molecule has 0 spiro atoms. The minimum atomic E-state index is -0.351. The van der Waals surface area contributed by atoms with Crippen LogP contribution in [0, 0.1) is 12.8 Å². The fraction of sp³-hybridized carbons (Fsp3) is 0.353. The Morgan fingerprint density at radius 2 is 2.25 bits per heavy atom. The van der Waals surface area contributed by atoms with Crippen LogP contribution in [0.1, 0.15) is 17.7 Å². The van der Waals surface area contributed by atoms with Gasteiger partial charge in [0, 0.05) is 30.5 Å². The van der Waals surface area contributed by atoms with E-state index in [2.05, 4.69) is 10.3 Å². The van der Waals surface area contributed by atoms with Gasteiger partial charge in [-0.3, -0.25) is 9.59 Å². The van der Waals surface area contributed by atoms with Crippen LogP contribution in [0.5, 0.6) is 5.75 Å². The largest absolute Gasteiger partial charge is 0.496 e. The fourth-order valence-electron chi connectivity index (χ4n) is 2.76. The van der Waals surface area contributed by atoms with Gasteiger partial charge in [0.05, 0.1) is 18.7 Å². The first-order valence-electron chi connectivity index (χ1n) is 7.69. The number of amides is 2. The molecule has 1 saturated heterocycles. The highest BCUT2D eigenvalue weighted by Crippen LogP contribution is 2.26. The third kappa shape index (κ3) is 3.56. The molecule has 6 nitrogen and oxygen atoms in total. The molecule has 0 bridgehead atoms. The summed E-state index contributed by atoms with van der Waals surface area (Å²) < 4.78 is 5.32. The van der Waals surface area contributed by atoms with E-state index in [9.17, 15) is 9.59 Å². The highest BCUT2D eigenvalue weighted by molar-refractivity contribution is 7.13. The average Bonchev–Trinajstić information content (AvgIpc) is 3.14. The number of nitrogens with zero attached hydrogens (tertiary/aromatic N) is 2. The second-order valence-corrected chi connectivity index (χ2v) is 6.63. The molecule has 1 N–H and O–H groups in total. The molecular weight excluding hydrogens is 326 g/mol. The van der Waals surface area contributed by atoms with Gasteiger partial charge >= 0.3 is 0 Å². The van der Waals surface area contributed by atoms with E-state index >= 15 is 0 Å². The first kappa shape index (κ1) is 16.4. The van der Waals surface area contributed by atoms with Gasteiger partial charge in [0.15, 0.2) is 5.13 Å². The molecule has 2 heterocycles. The van der Waals surface area contributed by atoms with Crippen molar-refractivity contribution in [2.45, 2.75) is 19.9 Å². The molecule has 126 valence electrons. The lowest BCUT2D eigenvalue weighted by molar-refractivity contribution is -0.128. The third-order valence-electron chi connectivity index (χ3n) is 3.99. The Balaban J connectivity index is 1.64. The van der Waals surface area contributed by atoms with Crippen molar-refractivity contribution < 1.29 is 14.3 Å². The maximum absolute atomic E-state index is 12.3. The number of carbonyl (C=O) groups excluding carboxylic acids is 2. The monoisotopic (exact) mass is 345 g/mol. The number of likely N-dealkylation sites (tertiary alicyclic amines) is 1. The molecule has 2 aromatic rings. The highest BCUT2D eigenvalue weighted by Gasteiger charge is 2.34. The average molecular weight is 345 g/mol. The van der Waals surface area contributed by atoms with Crippen LogP contribution in [0.25, 0.3) is 0 Å². The summed E-state index contributed by atoms with van der Waals surface area (Å²) in [6.45, 7) is 2.73. The molecule has 2 amide bonds. The van der Waals surface area contributed by atoms with E-state index in [0.29, 0.717) is 18.2 Å². The number of methoxy groups -OCH3 is 1. The van der Waals surface area contributed by atoms with Crippen molar-refractivity contribution in [3.05, 3.63) is 40.9 Å². The van der Waals surface area contributed by atoms with Crippen LogP contribution in [0.4, 0.5) is 5.13 Å². The first-order valence-corrected chi connectivity index (χ1v) is 8.57. The second kappa shape index (κ2) is 7.00. The fourth-order valence-corrected chi connectivity index (χ4v) is 3.45. The summed E-state index contributed by atoms with van der Waals surface area (Å²) in [6, 6.07) is 7.59. The van der Waals surface area contributed by atoms with E-state index in [0.717, 1.165) is 17.0 Å². The number of para-hydroxylation sites is 1. The molecule has 3 rings (SSSR count). The van der Waals surface area contributed by atoms with Crippen molar-refractivity contribution >= 4 is 28.3 Å². The summed E-state index contributed by atoms with van der Waals surface area (Å²) in [7, 11) is 1.61. The number of aryl methyl sites for hydroxylation is 1. The van der Waals surface area contributed by atoms with Gasteiger partial charge in [-0.15, -0.1) is 11.3 Å². The second-order valence-electron chi connectivity index (χ2n) is 5.77. The standard InChI is InChI=1S/C17H19N3O3S/c1-11-10-24-17(18-11)19-16(22)13-7-15(21)20(9-13)8-12-5-3-4-6-14(12)23-2/h3-6,10,13H,7-9H2,1-2H3,(H,18,19,22). The van der Waals surface area contributed by atoms with Gasteiger partial charge in [0.1, 0.15) is 5.75 Å². The molecule has 0 aliphatic carbocycles. The lowest BCUT2D eigenvalue weighted by atomic mass is 10.1. The van der Waals surface area contributed by atoms with Crippen LogP contribution < -0.4 is 10.1 Å². The first-order chi connectivity index (χ1) is 11.6. The topological polar surface area (TPSA) is 71.5 Å². The Morgan fingerprint density at radius 3 is 2.96 bits per heavy atom. The molecule has 1 atom stereocenters. The lowest BCUT2D eigenvalue weighted by Gasteiger charge is -2.18. The minimum Gasteiger partial charge on any atom is -0.496 e. The summed E-state index contributed by atoms with van der Waals surface area (Å²) >= 11 is 1.39. The third-order valence-corrected chi connectivity index (χ3v) is 4.86. The number of benzene rings is 1. The van der Waals surface area contributed by atoms with Gasteiger partial charge in [-0.05, 0) is 13.0 Å². The molecule has 1 unspecified atom stereocenters. The van der Waals surface area contributed by atoms with Crippen LogP contribution in [0.15, 0.2) is 29.6 Å². The molecule has 1 aromatic carbocycles. The molecule has 7 heteroatoms. The predicted molar refractivity (Wildman–Crippen MR) is 92.0 cm³/mol. The predicted octanol–water partition coefficient (Wildman–Crippen LogP) is 2.45. The Bertz CT molecular complexity index is 759. The number of nitrogens with one attached hydrogen (secondary N) is 1. The quantitative estimate of drug-likeness (QED) is 0.903. The van der Waals surface area contributed by atoms with Gasteiger partial charge in [-0.25, -0.2) is 4.98 Å². The summed E-state index contributed by atoms with van der Waals surface area (Å²) in [4.78, 5) is 30.5. The molecule has 1 fully saturated rings. The van der Waals surface area contributed by atoms with Crippen LogP contribution in [-0.2, 0) is 16.1 Å². The number of hydrogen-bond acceptors (Lipinski definition) is 5. The van der Waals surface area contributed by atoms with Gasteiger partial charge in [-0.2, -0.15) is 0 Å². The Hall–Kier alpha value is -2.41. The number of carbonyl (C=O) groups is 2. The summed E-state index contributed by atoms with van der Waals surface area (Å²) in [5.74, 6) is 0.226. The molecule has 1 aromatic heterocycles. The molecule has 24 heavy (non-hydrogen) atoms. The SMILES string of the molecule is COc1ccccc1CN1CC(C(=O)Nc2nc(C)cs2)CC1=O. The van der Waals surface area contributed by atoms with E-state index in [1.165, 1.54) is 11.3 Å². The number of anilines is 1. The normalized spacial score (nSPS) is 17.2. The number of rotatable bonds is 5. The Morgan fingerprint density at radius 1 is 1.46 bits per heavy atom. The zero-order valence-electron chi connectivity index (χ0n) is 13.6. The maximum atomic E-state index is 12.3. The van der Waals surface area contributed by atoms with Crippen molar-refractivity contribution in [1.82, 2.24) is 9.88 Å². The van der Waals surface area contributed by atoms with Gasteiger partial charge < -0.3 is 15.0 Å². The van der Waals surface area contributed by atoms with E-state index in [1.807, 2.05) is 36.6 Å². The van der Waals surface area contributed by atoms with Gasteiger partial charge in [0.25, 0.3) is 0 Å². The highest BCUT2D eigenvalue weighted by atomic mass is 32.1. The van der Waals surface area contributed by atoms with Crippen molar-refractivity contribution in [1.29, 1.82) is 0 Å². The molecular formula is C17H19N3O3S. The van der Waals surface area contributed by atoms with Crippen molar-refractivity contribution in [2.24, 2.45) is 5.92 Å². The number of aromatic nitrogens is 1. The maximum Gasteiger partial charge on any atom is 0.231 e. The smallest absolute Gasteiger partial charge is 0.231 e. The molecule has 1 aliphatic rings. The van der Waals surface area contributed by atoms with Crippen molar-refractivity contribution in [3.63, 3.8) is 0 Å². The minimum absolute atomic E-state index is 0.0172. The van der Waals surface area contributed by atoms with Crippen LogP contribution in [0.3, 0.4) is 0 Å². The van der Waals surface area contributed by atoms with E-state index in [1.54, 1.807) is 12.0 Å². The van der Waals surface area contributed by atoms with Crippen molar-refractivity contribution in [3.8, 4) is 5.75 Å². The van der Waals surface area contributed by atoms with Crippen LogP contribution in [-0.4, -0.2) is 35.4 Å². The number of thiazole rings is 1. The summed E-state index contributed by atoms with van der Waals surface area (Å²) in [5.41, 5.74) is 1.81. The van der Waals surface area contributed by atoms with E-state index < -0.39 is 0 Å². The Labute approximate surface area is 144 Å².